The molecule has 0 heterocycles. The third kappa shape index (κ3) is 37.0. The molecule has 2 atom stereocenters. The number of unbranched alkanes of at least 4 members (excludes halogenated alkanes) is 12. The molecular weight excluding hydrogens is 653 g/mol. The highest BCUT2D eigenvalue weighted by atomic mass is 31.2. The first-order valence-corrected chi connectivity index (χ1v) is 20.8. The molecule has 0 saturated carbocycles. The lowest BCUT2D eigenvalue weighted by molar-refractivity contribution is -0.147. The first-order chi connectivity index (χ1) is 24.3. The maximum Gasteiger partial charge on any atom is 0.472 e. The minimum Gasteiger partial charge on any atom is -0.463 e. The summed E-state index contributed by atoms with van der Waals surface area (Å²) in [5, 5.41) is 12.6. The minimum atomic E-state index is -4.42. The molecule has 0 fully saturated rings. The molecule has 0 spiro atoms. The standard InChI is InChI=1S/C40H70NO8P/c1-3-5-7-9-11-13-15-17-19-21-23-25-27-29-31-33-40(44)47-36-38(42)37-49-50(45,46)48-35-34-41-39(43)32-30-28-26-24-22-20-18-16-14-12-10-8-6-4-2/h5,7,11,13,16-19,23,25,38,42H,3-4,6,8-10,12,14-15,20-22,24,26-37H2,1-2H3,(H,41,43)(H,45,46)/b7-5-,13-11-,18-16-,19-17-,25-23-. The first kappa shape index (κ1) is 47.7. The fourth-order valence-electron chi connectivity index (χ4n) is 4.78. The van der Waals surface area contributed by atoms with Crippen molar-refractivity contribution in [3.63, 3.8) is 0 Å². The Morgan fingerprint density at radius 2 is 1.14 bits per heavy atom. The Labute approximate surface area is 304 Å². The molecule has 3 N–H and O–H groups in total. The molecule has 1 amide bonds. The van der Waals surface area contributed by atoms with Crippen LogP contribution in [0, 0.1) is 0 Å². The van der Waals surface area contributed by atoms with E-state index in [0.717, 1.165) is 70.6 Å². The minimum absolute atomic E-state index is 0.0696. The summed E-state index contributed by atoms with van der Waals surface area (Å²) in [6.45, 7) is 3.34. The number of amides is 1. The Kier molecular flexibility index (Phi) is 34.8. The SMILES string of the molecule is CC/C=C\C/C=C\C/C=C\C/C=C\CCCCC(=O)OCC(O)COP(=O)(O)OCCNC(=O)CCCCCCC/C=C\CCCCCCC. The van der Waals surface area contributed by atoms with Gasteiger partial charge in [0.05, 0.1) is 13.2 Å². The van der Waals surface area contributed by atoms with Gasteiger partial charge in [0, 0.05) is 19.4 Å². The van der Waals surface area contributed by atoms with Crippen molar-refractivity contribution in [2.24, 2.45) is 0 Å². The van der Waals surface area contributed by atoms with Gasteiger partial charge in [-0.25, -0.2) is 4.57 Å². The van der Waals surface area contributed by atoms with E-state index in [1.54, 1.807) is 0 Å². The van der Waals surface area contributed by atoms with Gasteiger partial charge >= 0.3 is 13.8 Å². The molecule has 0 aliphatic rings. The maximum absolute atomic E-state index is 12.1. The Hall–Kier alpha value is -2.29. The molecule has 288 valence electrons. The van der Waals surface area contributed by atoms with Crippen LogP contribution >= 0.6 is 7.82 Å². The Morgan fingerprint density at radius 3 is 1.76 bits per heavy atom. The fraction of sp³-hybridized carbons (Fsp3) is 0.700. The van der Waals surface area contributed by atoms with Crippen molar-refractivity contribution < 1.29 is 37.9 Å². The molecule has 0 aliphatic heterocycles. The molecule has 50 heavy (non-hydrogen) atoms. The summed E-state index contributed by atoms with van der Waals surface area (Å²) in [4.78, 5) is 33.8. The highest BCUT2D eigenvalue weighted by Crippen LogP contribution is 2.42. The zero-order valence-electron chi connectivity index (χ0n) is 31.3. The summed E-state index contributed by atoms with van der Waals surface area (Å²) in [5.41, 5.74) is 0. The summed E-state index contributed by atoms with van der Waals surface area (Å²) in [6.07, 6.45) is 41.5. The molecule has 0 aromatic heterocycles. The smallest absolute Gasteiger partial charge is 0.463 e. The van der Waals surface area contributed by atoms with Gasteiger partial charge in [0.15, 0.2) is 0 Å². The predicted molar refractivity (Wildman–Crippen MR) is 206 cm³/mol. The Bertz CT molecular complexity index is 1010. The number of aliphatic hydroxyl groups is 1. The van der Waals surface area contributed by atoms with Gasteiger partial charge in [-0.2, -0.15) is 0 Å². The van der Waals surface area contributed by atoms with Crippen molar-refractivity contribution in [2.45, 2.75) is 155 Å². The van der Waals surface area contributed by atoms with Gasteiger partial charge in [0.1, 0.15) is 12.7 Å². The molecule has 0 aromatic carbocycles. The molecule has 0 radical (unpaired) electrons. The number of hydrogen-bond acceptors (Lipinski definition) is 7. The number of carbonyl (C=O) groups is 2. The van der Waals surface area contributed by atoms with E-state index < -0.39 is 26.5 Å². The number of nitrogens with one attached hydrogen (secondary N) is 1. The lowest BCUT2D eigenvalue weighted by Gasteiger charge is -2.15. The maximum atomic E-state index is 12.1. The lowest BCUT2D eigenvalue weighted by Crippen LogP contribution is -2.27. The monoisotopic (exact) mass is 723 g/mol. The van der Waals surface area contributed by atoms with Gasteiger partial charge in [-0.1, -0.05) is 120 Å². The van der Waals surface area contributed by atoms with E-state index in [2.05, 4.69) is 79.9 Å². The zero-order chi connectivity index (χ0) is 36.8. The number of phosphoric ester groups is 1. The van der Waals surface area contributed by atoms with Crippen LogP contribution in [-0.4, -0.2) is 54.3 Å². The lowest BCUT2D eigenvalue weighted by atomic mass is 10.1. The number of carbonyl (C=O) groups excluding carboxylic acids is 2. The van der Waals surface area contributed by atoms with Crippen molar-refractivity contribution in [1.82, 2.24) is 5.32 Å². The molecular formula is C40H70NO8P. The number of ether oxygens (including phenoxy) is 1. The van der Waals surface area contributed by atoms with E-state index in [4.69, 9.17) is 13.8 Å². The summed E-state index contributed by atoms with van der Waals surface area (Å²) in [5.74, 6) is -0.573. The van der Waals surface area contributed by atoms with Gasteiger partial charge in [0.2, 0.25) is 5.91 Å². The van der Waals surface area contributed by atoms with Gasteiger partial charge in [-0.15, -0.1) is 0 Å². The van der Waals surface area contributed by atoms with Crippen LogP contribution in [0.25, 0.3) is 0 Å². The largest absolute Gasteiger partial charge is 0.472 e. The van der Waals surface area contributed by atoms with Gasteiger partial charge in [-0.3, -0.25) is 18.6 Å². The first-order valence-electron chi connectivity index (χ1n) is 19.3. The summed E-state index contributed by atoms with van der Waals surface area (Å²) in [6, 6.07) is 0. The molecule has 9 nitrogen and oxygen atoms in total. The van der Waals surface area contributed by atoms with Crippen molar-refractivity contribution in [3.05, 3.63) is 60.8 Å². The zero-order valence-corrected chi connectivity index (χ0v) is 32.2. The van der Waals surface area contributed by atoms with E-state index in [9.17, 15) is 24.2 Å². The Balaban J connectivity index is 3.71. The normalized spacial score (nSPS) is 14.1. The third-order valence-corrected chi connectivity index (χ3v) is 8.67. The summed E-state index contributed by atoms with van der Waals surface area (Å²) in [7, 11) is -4.42. The van der Waals surface area contributed by atoms with Gasteiger partial charge in [-0.05, 0) is 77.0 Å². The number of hydrogen-bond donors (Lipinski definition) is 3. The predicted octanol–water partition coefficient (Wildman–Crippen LogP) is 10.2. The van der Waals surface area contributed by atoms with Gasteiger partial charge < -0.3 is 20.1 Å². The van der Waals surface area contributed by atoms with Crippen LogP contribution in [-0.2, 0) is 27.9 Å². The van der Waals surface area contributed by atoms with E-state index in [0.29, 0.717) is 12.8 Å². The van der Waals surface area contributed by atoms with Crippen molar-refractivity contribution in [2.75, 3.05) is 26.4 Å². The molecule has 10 heteroatoms. The fourth-order valence-corrected chi connectivity index (χ4v) is 5.53. The van der Waals surface area contributed by atoms with Crippen LogP contribution in [0.5, 0.6) is 0 Å². The van der Waals surface area contributed by atoms with Crippen LogP contribution in [0.2, 0.25) is 0 Å². The van der Waals surface area contributed by atoms with E-state index in [-0.39, 0.29) is 32.1 Å². The van der Waals surface area contributed by atoms with E-state index in [1.807, 2.05) is 0 Å². The number of rotatable bonds is 35. The van der Waals surface area contributed by atoms with Gasteiger partial charge in [0.25, 0.3) is 0 Å². The topological polar surface area (TPSA) is 131 Å². The average Bonchev–Trinajstić information content (AvgIpc) is 3.10. The summed E-state index contributed by atoms with van der Waals surface area (Å²) < 4.78 is 26.7. The second-order valence-corrected chi connectivity index (χ2v) is 14.0. The molecule has 0 aromatic rings. The van der Waals surface area contributed by atoms with Crippen LogP contribution in [0.3, 0.4) is 0 Å². The number of phosphoric acid groups is 1. The number of aliphatic hydroxyl groups excluding tert-OH is 1. The van der Waals surface area contributed by atoms with Crippen molar-refractivity contribution in [3.8, 4) is 0 Å². The molecule has 0 rings (SSSR count). The van der Waals surface area contributed by atoms with E-state index in [1.165, 1.54) is 44.9 Å². The quantitative estimate of drug-likeness (QED) is 0.0255. The second-order valence-electron chi connectivity index (χ2n) is 12.5. The number of esters is 1. The molecule has 0 bridgehead atoms. The van der Waals surface area contributed by atoms with Crippen LogP contribution < -0.4 is 5.32 Å². The highest BCUT2D eigenvalue weighted by Gasteiger charge is 2.23. The van der Waals surface area contributed by atoms with Crippen molar-refractivity contribution in [1.29, 1.82) is 0 Å². The van der Waals surface area contributed by atoms with Crippen molar-refractivity contribution >= 4 is 19.7 Å². The number of allylic oxidation sites excluding steroid dienone is 10. The highest BCUT2D eigenvalue weighted by molar-refractivity contribution is 7.47. The third-order valence-electron chi connectivity index (χ3n) is 7.68. The second kappa shape index (κ2) is 36.5. The van der Waals surface area contributed by atoms with Crippen LogP contribution in [0.1, 0.15) is 149 Å². The molecule has 0 aliphatic carbocycles. The van der Waals surface area contributed by atoms with Crippen LogP contribution in [0.4, 0.5) is 0 Å². The van der Waals surface area contributed by atoms with Crippen LogP contribution in [0.15, 0.2) is 60.8 Å². The summed E-state index contributed by atoms with van der Waals surface area (Å²) >= 11 is 0. The average molecular weight is 724 g/mol. The molecule has 2 unspecified atom stereocenters. The Morgan fingerprint density at radius 1 is 0.640 bits per heavy atom. The molecule has 0 saturated heterocycles. The van der Waals surface area contributed by atoms with E-state index >= 15 is 0 Å².